The summed E-state index contributed by atoms with van der Waals surface area (Å²) in [5, 5.41) is 0.546. The number of hydrogen-bond acceptors (Lipinski definition) is 3. The van der Waals surface area contributed by atoms with E-state index in [1.54, 1.807) is 4.31 Å². The molecule has 1 aliphatic heterocycles. The lowest BCUT2D eigenvalue weighted by Gasteiger charge is -2.34. The van der Waals surface area contributed by atoms with Gasteiger partial charge in [-0.2, -0.15) is 4.31 Å². The Morgan fingerprint density at radius 1 is 1.29 bits per heavy atom. The van der Waals surface area contributed by atoms with Crippen LogP contribution >= 0.6 is 23.2 Å². The molecule has 0 saturated carbocycles. The Kier molecular flexibility index (Phi) is 5.54. The Morgan fingerprint density at radius 2 is 2.00 bits per heavy atom. The van der Waals surface area contributed by atoms with Gasteiger partial charge in [-0.15, -0.1) is 0 Å². The highest BCUT2D eigenvalue weighted by Gasteiger charge is 2.34. The number of halogens is 2. The van der Waals surface area contributed by atoms with E-state index in [9.17, 15) is 8.42 Å². The van der Waals surface area contributed by atoms with E-state index in [2.05, 4.69) is 0 Å². The van der Waals surface area contributed by atoms with Crippen molar-refractivity contribution in [2.24, 2.45) is 5.73 Å². The van der Waals surface area contributed by atoms with Gasteiger partial charge in [-0.1, -0.05) is 36.5 Å². The molecule has 1 unspecified atom stereocenters. The molecule has 1 aromatic rings. The zero-order valence-corrected chi connectivity index (χ0v) is 14.3. The summed E-state index contributed by atoms with van der Waals surface area (Å²) in [7, 11) is -3.62. The third-order valence-electron chi connectivity index (χ3n) is 3.95. The first-order chi connectivity index (χ1) is 9.91. The number of rotatable bonds is 4. The summed E-state index contributed by atoms with van der Waals surface area (Å²) >= 11 is 12.1. The van der Waals surface area contributed by atoms with Gasteiger partial charge in [0.15, 0.2) is 0 Å². The van der Waals surface area contributed by atoms with E-state index < -0.39 is 10.0 Å². The molecule has 0 amide bonds. The molecule has 2 rings (SSSR count). The van der Waals surface area contributed by atoms with Crippen LogP contribution in [0.4, 0.5) is 0 Å². The van der Waals surface area contributed by atoms with Gasteiger partial charge in [0.1, 0.15) is 4.90 Å². The van der Waals surface area contributed by atoms with Crippen LogP contribution in [0.3, 0.4) is 0 Å². The van der Waals surface area contributed by atoms with Crippen molar-refractivity contribution in [1.82, 2.24) is 4.31 Å². The second-order valence-electron chi connectivity index (χ2n) is 5.25. The highest BCUT2D eigenvalue weighted by molar-refractivity contribution is 7.89. The van der Waals surface area contributed by atoms with Crippen molar-refractivity contribution in [3.05, 3.63) is 27.7 Å². The van der Waals surface area contributed by atoms with Crippen molar-refractivity contribution in [3.63, 3.8) is 0 Å². The molecule has 1 heterocycles. The number of nitrogens with two attached hydrogens (primary N) is 1. The molecule has 0 radical (unpaired) electrons. The molecule has 0 bridgehead atoms. The van der Waals surface area contributed by atoms with E-state index in [4.69, 9.17) is 28.9 Å². The van der Waals surface area contributed by atoms with E-state index in [0.717, 1.165) is 25.7 Å². The van der Waals surface area contributed by atoms with Gasteiger partial charge in [-0.05, 0) is 37.0 Å². The van der Waals surface area contributed by atoms with Crippen LogP contribution in [0.1, 0.15) is 38.2 Å². The highest BCUT2D eigenvalue weighted by atomic mass is 35.5. The van der Waals surface area contributed by atoms with Gasteiger partial charge < -0.3 is 5.73 Å². The number of sulfonamides is 1. The average molecular weight is 351 g/mol. The molecule has 0 aliphatic carbocycles. The number of hydrogen-bond donors (Lipinski definition) is 1. The van der Waals surface area contributed by atoms with Crippen LogP contribution in [-0.2, 0) is 16.6 Å². The Hall–Kier alpha value is -0.330. The van der Waals surface area contributed by atoms with Gasteiger partial charge in [0, 0.05) is 24.2 Å². The first kappa shape index (κ1) is 17.0. The van der Waals surface area contributed by atoms with Crippen LogP contribution in [0.2, 0.25) is 10.0 Å². The monoisotopic (exact) mass is 350 g/mol. The zero-order chi connectivity index (χ0) is 15.6. The van der Waals surface area contributed by atoms with Crippen LogP contribution in [0, 0.1) is 0 Å². The molecular formula is C14H20Cl2N2O2S. The Balaban J connectivity index is 2.48. The molecule has 1 fully saturated rings. The fourth-order valence-corrected chi connectivity index (χ4v) is 5.37. The smallest absolute Gasteiger partial charge is 0.244 e. The van der Waals surface area contributed by atoms with Crippen LogP contribution in [0.15, 0.2) is 17.0 Å². The van der Waals surface area contributed by atoms with Crippen molar-refractivity contribution < 1.29 is 8.42 Å². The van der Waals surface area contributed by atoms with Crippen molar-refractivity contribution in [3.8, 4) is 0 Å². The van der Waals surface area contributed by atoms with Crippen LogP contribution in [0.25, 0.3) is 0 Å². The lowest BCUT2D eigenvalue weighted by Crippen LogP contribution is -2.43. The maximum Gasteiger partial charge on any atom is 0.244 e. The SMILES string of the molecule is CCC1CCCCN1S(=O)(=O)c1cc(CN)c(Cl)cc1Cl. The van der Waals surface area contributed by atoms with Gasteiger partial charge in [0.05, 0.1) is 5.02 Å². The Labute approximate surface area is 136 Å². The van der Waals surface area contributed by atoms with E-state index in [1.165, 1.54) is 12.1 Å². The van der Waals surface area contributed by atoms with E-state index in [0.29, 0.717) is 17.1 Å². The zero-order valence-electron chi connectivity index (χ0n) is 12.0. The van der Waals surface area contributed by atoms with Gasteiger partial charge in [0.25, 0.3) is 0 Å². The molecule has 7 heteroatoms. The summed E-state index contributed by atoms with van der Waals surface area (Å²) < 4.78 is 27.4. The first-order valence-corrected chi connectivity index (χ1v) is 9.31. The van der Waals surface area contributed by atoms with E-state index in [-0.39, 0.29) is 22.5 Å². The summed E-state index contributed by atoms with van der Waals surface area (Å²) in [5.41, 5.74) is 6.20. The van der Waals surface area contributed by atoms with Crippen molar-refractivity contribution in [1.29, 1.82) is 0 Å². The standard InChI is InChI=1S/C14H20Cl2N2O2S/c1-2-11-5-3-4-6-18(11)21(19,20)14-7-10(9-17)12(15)8-13(14)16/h7-8,11H,2-6,9,17H2,1H3. The van der Waals surface area contributed by atoms with Crippen molar-refractivity contribution in [2.45, 2.75) is 50.1 Å². The quantitative estimate of drug-likeness (QED) is 0.904. The minimum Gasteiger partial charge on any atom is -0.326 e. The van der Waals surface area contributed by atoms with Crippen LogP contribution in [-0.4, -0.2) is 25.3 Å². The summed E-state index contributed by atoms with van der Waals surface area (Å²) in [6.45, 7) is 2.72. The topological polar surface area (TPSA) is 63.4 Å². The third kappa shape index (κ3) is 3.37. The molecule has 4 nitrogen and oxygen atoms in total. The predicted octanol–water partition coefficient (Wildman–Crippen LogP) is 3.41. The highest BCUT2D eigenvalue weighted by Crippen LogP contribution is 2.33. The fourth-order valence-electron chi connectivity index (χ4n) is 2.75. The molecule has 0 aromatic heterocycles. The summed E-state index contributed by atoms with van der Waals surface area (Å²) in [4.78, 5) is 0.106. The lowest BCUT2D eigenvalue weighted by molar-refractivity contribution is 0.246. The Bertz CT molecular complexity index is 620. The fraction of sp³-hybridized carbons (Fsp3) is 0.571. The molecule has 1 aromatic carbocycles. The lowest BCUT2D eigenvalue weighted by atomic mass is 10.0. The second kappa shape index (κ2) is 6.84. The van der Waals surface area contributed by atoms with Gasteiger partial charge >= 0.3 is 0 Å². The van der Waals surface area contributed by atoms with E-state index >= 15 is 0 Å². The molecule has 1 saturated heterocycles. The summed E-state index contributed by atoms with van der Waals surface area (Å²) in [6.07, 6.45) is 3.64. The van der Waals surface area contributed by atoms with Crippen LogP contribution < -0.4 is 5.73 Å². The summed E-state index contributed by atoms with van der Waals surface area (Å²) in [6, 6.07) is 3.00. The molecular weight excluding hydrogens is 331 g/mol. The normalized spacial score (nSPS) is 20.7. The molecule has 1 atom stereocenters. The maximum absolute atomic E-state index is 12.9. The van der Waals surface area contributed by atoms with Gasteiger partial charge in [0.2, 0.25) is 10.0 Å². The molecule has 1 aliphatic rings. The maximum atomic E-state index is 12.9. The average Bonchev–Trinajstić information content (AvgIpc) is 2.47. The second-order valence-corrected chi connectivity index (χ2v) is 7.93. The number of nitrogens with zero attached hydrogens (tertiary/aromatic N) is 1. The molecule has 21 heavy (non-hydrogen) atoms. The number of benzene rings is 1. The predicted molar refractivity (Wildman–Crippen MR) is 86.2 cm³/mol. The molecule has 118 valence electrons. The van der Waals surface area contributed by atoms with Crippen LogP contribution in [0.5, 0.6) is 0 Å². The molecule has 2 N–H and O–H groups in total. The minimum absolute atomic E-state index is 0.0387. The number of piperidine rings is 1. The largest absolute Gasteiger partial charge is 0.326 e. The van der Waals surface area contributed by atoms with Crippen molar-refractivity contribution in [2.75, 3.05) is 6.54 Å². The van der Waals surface area contributed by atoms with Crippen molar-refractivity contribution >= 4 is 33.2 Å². The summed E-state index contributed by atoms with van der Waals surface area (Å²) in [5.74, 6) is 0. The first-order valence-electron chi connectivity index (χ1n) is 7.11. The minimum atomic E-state index is -3.62. The van der Waals surface area contributed by atoms with E-state index in [1.807, 2.05) is 6.92 Å². The van der Waals surface area contributed by atoms with Gasteiger partial charge in [-0.3, -0.25) is 0 Å². The third-order valence-corrected chi connectivity index (χ3v) is 6.72. The molecule has 0 spiro atoms. The van der Waals surface area contributed by atoms with Gasteiger partial charge in [-0.25, -0.2) is 8.42 Å². The Morgan fingerprint density at radius 3 is 2.62 bits per heavy atom.